The maximum atomic E-state index is 11.4. The highest BCUT2D eigenvalue weighted by atomic mass is 16.4. The van der Waals surface area contributed by atoms with E-state index < -0.39 is 24.1 Å². The van der Waals surface area contributed by atoms with E-state index in [-0.39, 0.29) is 0 Å². The van der Waals surface area contributed by atoms with Crippen molar-refractivity contribution in [2.75, 3.05) is 6.54 Å². The summed E-state index contributed by atoms with van der Waals surface area (Å²) in [5.74, 6) is -1.28. The molecule has 8 nitrogen and oxygen atoms in total. The molecule has 0 saturated carbocycles. The Balaban J connectivity index is 2.30. The molecule has 2 atom stereocenters. The fourth-order valence-corrected chi connectivity index (χ4v) is 1.30. The zero-order valence-corrected chi connectivity index (χ0v) is 9.91. The Labute approximate surface area is 104 Å². The number of rotatable bonds is 6. The van der Waals surface area contributed by atoms with Crippen LogP contribution in [0.25, 0.3) is 0 Å². The van der Waals surface area contributed by atoms with Gasteiger partial charge in [-0.25, -0.2) is 14.6 Å². The van der Waals surface area contributed by atoms with Crippen LogP contribution in [-0.2, 0) is 11.3 Å². The number of hydrogen-bond acceptors (Lipinski definition) is 4. The summed E-state index contributed by atoms with van der Waals surface area (Å²) in [5.41, 5.74) is 0. The summed E-state index contributed by atoms with van der Waals surface area (Å²) in [6, 6.07) is -1.96. The lowest BCUT2D eigenvalue weighted by molar-refractivity contribution is -0.141. The minimum Gasteiger partial charge on any atom is -0.480 e. The maximum Gasteiger partial charge on any atom is 0.328 e. The highest BCUT2D eigenvalue weighted by Gasteiger charge is 2.24. The van der Waals surface area contributed by atoms with Crippen LogP contribution in [0.5, 0.6) is 0 Å². The number of hydrogen-bond donors (Lipinski definition) is 4. The fourth-order valence-electron chi connectivity index (χ4n) is 1.30. The zero-order valence-electron chi connectivity index (χ0n) is 9.91. The lowest BCUT2D eigenvalue weighted by Crippen LogP contribution is -2.51. The second-order valence-electron chi connectivity index (χ2n) is 3.76. The summed E-state index contributed by atoms with van der Waals surface area (Å²) < 4.78 is 1.77. The van der Waals surface area contributed by atoms with Gasteiger partial charge in [0.05, 0.1) is 12.4 Å². The van der Waals surface area contributed by atoms with Crippen LogP contribution >= 0.6 is 0 Å². The van der Waals surface area contributed by atoms with Crippen molar-refractivity contribution in [3.63, 3.8) is 0 Å². The van der Waals surface area contributed by atoms with Crippen LogP contribution in [0, 0.1) is 0 Å². The average molecular weight is 256 g/mol. The first kappa shape index (κ1) is 14.0. The van der Waals surface area contributed by atoms with Crippen molar-refractivity contribution >= 4 is 12.0 Å². The van der Waals surface area contributed by atoms with Gasteiger partial charge in [-0.05, 0) is 6.92 Å². The van der Waals surface area contributed by atoms with Gasteiger partial charge in [0.15, 0.2) is 6.04 Å². The van der Waals surface area contributed by atoms with E-state index in [1.807, 2.05) is 0 Å². The molecule has 0 fully saturated rings. The number of amides is 2. The van der Waals surface area contributed by atoms with Crippen molar-refractivity contribution in [3.8, 4) is 0 Å². The minimum atomic E-state index is -1.32. The van der Waals surface area contributed by atoms with Crippen molar-refractivity contribution in [2.24, 2.45) is 0 Å². The molecule has 0 saturated heterocycles. The van der Waals surface area contributed by atoms with Crippen LogP contribution in [0.2, 0.25) is 0 Å². The predicted octanol–water partition coefficient (Wildman–Crippen LogP) is -0.984. The molecular formula is C10H16N4O4. The van der Waals surface area contributed by atoms with E-state index in [1.165, 1.54) is 6.92 Å². The first-order chi connectivity index (χ1) is 8.50. The molecule has 0 aliphatic rings. The molecule has 2 amide bonds. The Morgan fingerprint density at radius 3 is 2.72 bits per heavy atom. The summed E-state index contributed by atoms with van der Waals surface area (Å²) >= 11 is 0. The van der Waals surface area contributed by atoms with Crippen LogP contribution in [0.3, 0.4) is 0 Å². The third-order valence-corrected chi connectivity index (χ3v) is 2.25. The van der Waals surface area contributed by atoms with Gasteiger partial charge in [-0.1, -0.05) is 0 Å². The molecule has 18 heavy (non-hydrogen) atoms. The predicted molar refractivity (Wildman–Crippen MR) is 61.9 cm³/mol. The first-order valence-electron chi connectivity index (χ1n) is 5.41. The smallest absolute Gasteiger partial charge is 0.328 e. The Bertz CT molecular complexity index is 391. The maximum absolute atomic E-state index is 11.4. The molecule has 8 heteroatoms. The fraction of sp³-hybridized carbons (Fsp3) is 0.500. The third kappa shape index (κ3) is 4.42. The van der Waals surface area contributed by atoms with Crippen molar-refractivity contribution in [1.82, 2.24) is 20.2 Å². The van der Waals surface area contributed by atoms with E-state index in [9.17, 15) is 14.7 Å². The van der Waals surface area contributed by atoms with Crippen LogP contribution in [-0.4, -0.2) is 50.5 Å². The quantitative estimate of drug-likeness (QED) is 0.522. The summed E-state index contributed by atoms with van der Waals surface area (Å²) in [5, 5.41) is 22.6. The Kier molecular flexibility index (Phi) is 5.12. The molecule has 4 N–H and O–H groups in total. The normalized spacial score (nSPS) is 13.7. The average Bonchev–Trinajstić information content (AvgIpc) is 2.78. The highest BCUT2D eigenvalue weighted by molar-refractivity contribution is 5.82. The van der Waals surface area contributed by atoms with Crippen molar-refractivity contribution < 1.29 is 19.8 Å². The standard InChI is InChI=1S/C10H16N4O4/c1-7(15)8(9(16)17)13-10(18)12-3-5-14-4-2-11-6-14/h2,4,6-8,15H,3,5H2,1H3,(H,16,17)(H2,12,13,18). The molecule has 1 aromatic heterocycles. The van der Waals surface area contributed by atoms with Gasteiger partial charge >= 0.3 is 12.0 Å². The molecular weight excluding hydrogens is 240 g/mol. The molecule has 1 rings (SSSR count). The summed E-state index contributed by atoms with van der Waals surface area (Å²) in [6.07, 6.45) is 3.81. The SMILES string of the molecule is CC(O)C(NC(=O)NCCn1ccnc1)C(=O)O. The van der Waals surface area contributed by atoms with Gasteiger partial charge < -0.3 is 25.4 Å². The van der Waals surface area contributed by atoms with Gasteiger partial charge in [0.2, 0.25) is 0 Å². The number of carboxylic acids is 1. The molecule has 2 unspecified atom stereocenters. The summed E-state index contributed by atoms with van der Waals surface area (Å²) in [7, 11) is 0. The molecule has 0 spiro atoms. The van der Waals surface area contributed by atoms with Gasteiger partial charge in [-0.15, -0.1) is 0 Å². The van der Waals surface area contributed by atoms with E-state index in [4.69, 9.17) is 5.11 Å². The van der Waals surface area contributed by atoms with E-state index in [2.05, 4.69) is 15.6 Å². The lowest BCUT2D eigenvalue weighted by Gasteiger charge is -2.17. The molecule has 1 aromatic rings. The Morgan fingerprint density at radius 1 is 1.50 bits per heavy atom. The van der Waals surface area contributed by atoms with Crippen LogP contribution < -0.4 is 10.6 Å². The van der Waals surface area contributed by atoms with Gasteiger partial charge in [0.1, 0.15) is 0 Å². The first-order valence-corrected chi connectivity index (χ1v) is 5.41. The topological polar surface area (TPSA) is 116 Å². The van der Waals surface area contributed by atoms with Crippen LogP contribution in [0.1, 0.15) is 6.92 Å². The van der Waals surface area contributed by atoms with Gasteiger partial charge in [-0.2, -0.15) is 0 Å². The number of aliphatic hydroxyl groups is 1. The van der Waals surface area contributed by atoms with E-state index in [1.54, 1.807) is 23.3 Å². The van der Waals surface area contributed by atoms with Gasteiger partial charge in [0, 0.05) is 25.5 Å². The molecule has 100 valence electrons. The van der Waals surface area contributed by atoms with Crippen molar-refractivity contribution in [2.45, 2.75) is 25.6 Å². The highest BCUT2D eigenvalue weighted by Crippen LogP contribution is 1.92. The number of aliphatic carboxylic acids is 1. The lowest BCUT2D eigenvalue weighted by atomic mass is 10.2. The molecule has 0 bridgehead atoms. The molecule has 1 heterocycles. The molecule has 0 radical (unpaired) electrons. The van der Waals surface area contributed by atoms with Crippen LogP contribution in [0.4, 0.5) is 4.79 Å². The van der Waals surface area contributed by atoms with Crippen molar-refractivity contribution in [1.29, 1.82) is 0 Å². The summed E-state index contributed by atoms with van der Waals surface area (Å²) in [4.78, 5) is 25.9. The van der Waals surface area contributed by atoms with E-state index in [0.29, 0.717) is 13.1 Å². The second-order valence-corrected chi connectivity index (χ2v) is 3.76. The van der Waals surface area contributed by atoms with Gasteiger partial charge in [-0.3, -0.25) is 0 Å². The number of carbonyl (C=O) groups excluding carboxylic acids is 1. The number of aliphatic hydroxyl groups excluding tert-OH is 1. The zero-order chi connectivity index (χ0) is 13.5. The van der Waals surface area contributed by atoms with Crippen molar-refractivity contribution in [3.05, 3.63) is 18.7 Å². The van der Waals surface area contributed by atoms with E-state index >= 15 is 0 Å². The minimum absolute atomic E-state index is 0.328. The molecule has 0 aliphatic heterocycles. The molecule has 0 aromatic carbocycles. The monoisotopic (exact) mass is 256 g/mol. The summed E-state index contributed by atoms with van der Waals surface area (Å²) in [6.45, 7) is 2.15. The largest absolute Gasteiger partial charge is 0.480 e. The third-order valence-electron chi connectivity index (χ3n) is 2.25. The van der Waals surface area contributed by atoms with Crippen LogP contribution in [0.15, 0.2) is 18.7 Å². The van der Waals surface area contributed by atoms with E-state index in [0.717, 1.165) is 0 Å². The van der Waals surface area contributed by atoms with Gasteiger partial charge in [0.25, 0.3) is 0 Å². The number of nitrogens with one attached hydrogen (secondary N) is 2. The number of nitrogens with zero attached hydrogens (tertiary/aromatic N) is 2. The molecule has 0 aliphatic carbocycles. The Morgan fingerprint density at radius 2 is 2.22 bits per heavy atom. The second kappa shape index (κ2) is 6.60. The number of urea groups is 1. The number of aromatic nitrogens is 2. The Hall–Kier alpha value is -2.09. The number of imidazole rings is 1. The number of carbonyl (C=O) groups is 2. The number of carboxylic acid groups (broad SMARTS) is 1.